The fourth-order valence-electron chi connectivity index (χ4n) is 3.67. The number of hydrogen-bond donors (Lipinski definition) is 2. The molecule has 0 heterocycles. The molecule has 2 atom stereocenters. The molecule has 0 aromatic heterocycles. The van der Waals surface area contributed by atoms with Crippen LogP contribution in [-0.2, 0) is 12.8 Å². The van der Waals surface area contributed by atoms with Crippen molar-refractivity contribution in [3.05, 3.63) is 34.9 Å². The summed E-state index contributed by atoms with van der Waals surface area (Å²) in [7, 11) is 0. The number of nitrogens with two attached hydrogens (primary N) is 1. The first-order chi connectivity index (χ1) is 11.8. The fraction of sp³-hybridized carbons (Fsp3) is 0.714. The number of aliphatic hydroxyl groups is 1. The number of aliphatic hydroxyl groups excluding tert-OH is 1. The van der Waals surface area contributed by atoms with Crippen molar-refractivity contribution in [1.82, 2.24) is 0 Å². The minimum atomic E-state index is 0.291. The zero-order valence-corrected chi connectivity index (χ0v) is 16.1. The Labute approximate surface area is 152 Å². The van der Waals surface area contributed by atoms with Crippen LogP contribution in [0, 0.1) is 5.92 Å². The predicted octanol–water partition coefficient (Wildman–Crippen LogP) is 4.53. The highest BCUT2D eigenvalue weighted by molar-refractivity contribution is 7.99. The number of fused-ring (bicyclic) bond motifs is 1. The second-order valence-corrected chi connectivity index (χ2v) is 8.37. The smallest absolute Gasteiger partial charge is 0.0431 e. The largest absolute Gasteiger partial charge is 0.396 e. The van der Waals surface area contributed by atoms with Crippen LogP contribution in [0.2, 0.25) is 0 Å². The van der Waals surface area contributed by atoms with Crippen LogP contribution in [0.3, 0.4) is 0 Å². The zero-order valence-electron chi connectivity index (χ0n) is 15.3. The summed E-state index contributed by atoms with van der Waals surface area (Å²) < 4.78 is 0. The SMILES string of the molecule is CCCCSC[C@@H]1CCc2cc([C@H](CN)CCCCO)ccc2C1. The highest BCUT2D eigenvalue weighted by atomic mass is 32.2. The van der Waals surface area contributed by atoms with Gasteiger partial charge in [-0.15, -0.1) is 0 Å². The lowest BCUT2D eigenvalue weighted by atomic mass is 9.82. The third kappa shape index (κ3) is 6.09. The molecule has 0 fully saturated rings. The maximum atomic E-state index is 8.96. The summed E-state index contributed by atoms with van der Waals surface area (Å²) in [6.07, 6.45) is 9.53. The van der Waals surface area contributed by atoms with E-state index in [4.69, 9.17) is 10.8 Å². The van der Waals surface area contributed by atoms with Crippen molar-refractivity contribution in [2.24, 2.45) is 11.7 Å². The summed E-state index contributed by atoms with van der Waals surface area (Å²) in [4.78, 5) is 0. The van der Waals surface area contributed by atoms with E-state index in [0.717, 1.165) is 25.2 Å². The van der Waals surface area contributed by atoms with Gasteiger partial charge in [-0.05, 0) is 85.1 Å². The minimum Gasteiger partial charge on any atom is -0.396 e. The Hall–Kier alpha value is -0.510. The summed E-state index contributed by atoms with van der Waals surface area (Å²) >= 11 is 2.14. The molecule has 0 aliphatic heterocycles. The summed E-state index contributed by atoms with van der Waals surface area (Å²) in [6.45, 7) is 3.27. The lowest BCUT2D eigenvalue weighted by Crippen LogP contribution is -2.18. The molecule has 3 heteroatoms. The first-order valence-electron chi connectivity index (χ1n) is 9.78. The molecular formula is C21H35NOS. The van der Waals surface area contributed by atoms with Gasteiger partial charge in [0.05, 0.1) is 0 Å². The molecule has 0 radical (unpaired) electrons. The Morgan fingerprint density at radius 1 is 1.25 bits per heavy atom. The van der Waals surface area contributed by atoms with Crippen LogP contribution >= 0.6 is 11.8 Å². The molecule has 1 aliphatic rings. The number of thioether (sulfide) groups is 1. The van der Waals surface area contributed by atoms with Gasteiger partial charge in [-0.1, -0.05) is 38.0 Å². The molecule has 24 heavy (non-hydrogen) atoms. The lowest BCUT2D eigenvalue weighted by Gasteiger charge is -2.26. The number of benzene rings is 1. The van der Waals surface area contributed by atoms with E-state index in [1.165, 1.54) is 49.2 Å². The van der Waals surface area contributed by atoms with Crippen LogP contribution in [0.25, 0.3) is 0 Å². The van der Waals surface area contributed by atoms with E-state index in [-0.39, 0.29) is 0 Å². The Morgan fingerprint density at radius 3 is 2.88 bits per heavy atom. The van der Waals surface area contributed by atoms with Crippen LogP contribution in [0.1, 0.15) is 68.1 Å². The molecule has 1 aromatic carbocycles. The number of aryl methyl sites for hydroxylation is 1. The normalized spacial score (nSPS) is 18.4. The van der Waals surface area contributed by atoms with Gasteiger partial charge in [0.1, 0.15) is 0 Å². The standard InChI is InChI=1S/C21H35NOS/c1-2-3-12-24-16-17-7-8-19-14-20(10-9-18(19)13-17)21(15-22)6-4-5-11-23/h9-10,14,17,21,23H,2-8,11-13,15-16,22H2,1H3/t17-,21+/m1/s1. The molecule has 2 rings (SSSR count). The lowest BCUT2D eigenvalue weighted by molar-refractivity contribution is 0.281. The van der Waals surface area contributed by atoms with Gasteiger partial charge < -0.3 is 10.8 Å². The van der Waals surface area contributed by atoms with Crippen LogP contribution in [-0.4, -0.2) is 29.8 Å². The van der Waals surface area contributed by atoms with Crippen molar-refractivity contribution >= 4 is 11.8 Å². The Bertz CT molecular complexity index is 477. The van der Waals surface area contributed by atoms with E-state index >= 15 is 0 Å². The highest BCUT2D eigenvalue weighted by Gasteiger charge is 2.20. The highest BCUT2D eigenvalue weighted by Crippen LogP contribution is 2.31. The van der Waals surface area contributed by atoms with E-state index in [2.05, 4.69) is 36.9 Å². The average Bonchev–Trinajstić information content (AvgIpc) is 2.62. The van der Waals surface area contributed by atoms with E-state index in [1.807, 2.05) is 0 Å². The molecule has 2 nitrogen and oxygen atoms in total. The van der Waals surface area contributed by atoms with Crippen molar-refractivity contribution in [3.63, 3.8) is 0 Å². The topological polar surface area (TPSA) is 46.2 Å². The Morgan fingerprint density at radius 2 is 2.12 bits per heavy atom. The Kier molecular flexibility index (Phi) is 9.22. The van der Waals surface area contributed by atoms with Gasteiger partial charge in [0.15, 0.2) is 0 Å². The van der Waals surface area contributed by atoms with Gasteiger partial charge in [-0.3, -0.25) is 0 Å². The van der Waals surface area contributed by atoms with Gasteiger partial charge in [0.25, 0.3) is 0 Å². The summed E-state index contributed by atoms with van der Waals surface area (Å²) in [5.74, 6) is 3.96. The van der Waals surface area contributed by atoms with Gasteiger partial charge in [0.2, 0.25) is 0 Å². The number of unbranched alkanes of at least 4 members (excludes halogenated alkanes) is 2. The van der Waals surface area contributed by atoms with Crippen LogP contribution in [0.4, 0.5) is 0 Å². The second kappa shape index (κ2) is 11.2. The van der Waals surface area contributed by atoms with Crippen LogP contribution < -0.4 is 5.73 Å². The third-order valence-corrected chi connectivity index (χ3v) is 6.56. The zero-order chi connectivity index (χ0) is 17.2. The van der Waals surface area contributed by atoms with Crippen molar-refractivity contribution in [2.75, 3.05) is 24.7 Å². The van der Waals surface area contributed by atoms with Crippen molar-refractivity contribution in [2.45, 2.75) is 64.2 Å². The number of hydrogen-bond acceptors (Lipinski definition) is 3. The fourth-order valence-corrected chi connectivity index (χ4v) is 4.94. The molecule has 0 saturated carbocycles. The van der Waals surface area contributed by atoms with E-state index < -0.39 is 0 Å². The third-order valence-electron chi connectivity index (χ3n) is 5.27. The van der Waals surface area contributed by atoms with E-state index in [0.29, 0.717) is 19.1 Å². The molecule has 0 saturated heterocycles. The van der Waals surface area contributed by atoms with E-state index in [1.54, 1.807) is 11.1 Å². The summed E-state index contributed by atoms with van der Waals surface area (Å²) in [5, 5.41) is 8.96. The maximum absolute atomic E-state index is 8.96. The maximum Gasteiger partial charge on any atom is 0.0431 e. The van der Waals surface area contributed by atoms with Crippen molar-refractivity contribution in [1.29, 1.82) is 0 Å². The van der Waals surface area contributed by atoms with Gasteiger partial charge in [-0.25, -0.2) is 0 Å². The first kappa shape index (κ1) is 19.8. The molecule has 136 valence electrons. The Balaban J connectivity index is 1.90. The second-order valence-electron chi connectivity index (χ2n) is 7.22. The molecule has 1 aliphatic carbocycles. The van der Waals surface area contributed by atoms with Crippen molar-refractivity contribution < 1.29 is 5.11 Å². The van der Waals surface area contributed by atoms with E-state index in [9.17, 15) is 0 Å². The molecule has 3 N–H and O–H groups in total. The first-order valence-corrected chi connectivity index (χ1v) is 10.9. The average molecular weight is 350 g/mol. The minimum absolute atomic E-state index is 0.291. The summed E-state index contributed by atoms with van der Waals surface area (Å²) in [6, 6.07) is 7.09. The molecule has 0 bridgehead atoms. The van der Waals surface area contributed by atoms with Gasteiger partial charge >= 0.3 is 0 Å². The van der Waals surface area contributed by atoms with Crippen molar-refractivity contribution in [3.8, 4) is 0 Å². The monoisotopic (exact) mass is 349 g/mol. The molecular weight excluding hydrogens is 314 g/mol. The molecule has 0 amide bonds. The quantitative estimate of drug-likeness (QED) is 0.577. The predicted molar refractivity (Wildman–Crippen MR) is 107 cm³/mol. The van der Waals surface area contributed by atoms with Crippen LogP contribution in [0.15, 0.2) is 18.2 Å². The van der Waals surface area contributed by atoms with Gasteiger partial charge in [-0.2, -0.15) is 11.8 Å². The molecule has 0 spiro atoms. The summed E-state index contributed by atoms with van der Waals surface area (Å²) in [5.41, 5.74) is 10.5. The van der Waals surface area contributed by atoms with Gasteiger partial charge in [0, 0.05) is 6.61 Å². The molecule has 1 aromatic rings. The van der Waals surface area contributed by atoms with Crippen LogP contribution in [0.5, 0.6) is 0 Å². The number of rotatable bonds is 11. The molecule has 0 unspecified atom stereocenters.